The highest BCUT2D eigenvalue weighted by molar-refractivity contribution is 5.91. The van der Waals surface area contributed by atoms with E-state index in [0.717, 1.165) is 19.3 Å². The van der Waals surface area contributed by atoms with Crippen LogP contribution in [0, 0.1) is 5.41 Å². The lowest BCUT2D eigenvalue weighted by atomic mass is 9.76. The maximum absolute atomic E-state index is 11.8. The van der Waals surface area contributed by atoms with Gasteiger partial charge in [-0.05, 0) is 61.2 Å². The third-order valence-corrected chi connectivity index (χ3v) is 4.15. The van der Waals surface area contributed by atoms with E-state index in [1.165, 1.54) is 43.3 Å². The molecule has 2 aliphatic carbocycles. The fourth-order valence-electron chi connectivity index (χ4n) is 3.05. The van der Waals surface area contributed by atoms with Gasteiger partial charge in [0.2, 0.25) is 0 Å². The van der Waals surface area contributed by atoms with Gasteiger partial charge in [-0.15, -0.1) is 0 Å². The summed E-state index contributed by atoms with van der Waals surface area (Å²) in [6.07, 6.45) is 13.5. The average molecular weight is 232 g/mol. The monoisotopic (exact) mass is 232 g/mol. The second-order valence-corrected chi connectivity index (χ2v) is 6.09. The van der Waals surface area contributed by atoms with Crippen LogP contribution in [0.3, 0.4) is 0 Å². The minimum Gasteiger partial charge on any atom is -0.295 e. The van der Waals surface area contributed by atoms with Crippen LogP contribution in [0.15, 0.2) is 23.3 Å². The summed E-state index contributed by atoms with van der Waals surface area (Å²) < 4.78 is 0. The molecule has 0 amide bonds. The van der Waals surface area contributed by atoms with E-state index in [1.54, 1.807) is 0 Å². The molecule has 0 N–H and O–H groups in total. The predicted octanol–water partition coefficient (Wildman–Crippen LogP) is 4.58. The molecule has 0 radical (unpaired) electrons. The van der Waals surface area contributed by atoms with Crippen LogP contribution in [-0.4, -0.2) is 5.78 Å². The van der Waals surface area contributed by atoms with Crippen LogP contribution < -0.4 is 0 Å². The molecule has 17 heavy (non-hydrogen) atoms. The molecule has 94 valence electrons. The molecule has 0 fully saturated rings. The molecule has 0 saturated heterocycles. The molecule has 1 nitrogen and oxygen atoms in total. The minimum atomic E-state index is 0.183. The Labute approximate surface area is 105 Å². The second kappa shape index (κ2) is 5.20. The molecule has 2 rings (SSSR count). The first-order chi connectivity index (χ1) is 8.09. The normalized spacial score (nSPS) is 25.6. The minimum absolute atomic E-state index is 0.183. The van der Waals surface area contributed by atoms with E-state index >= 15 is 0 Å². The largest absolute Gasteiger partial charge is 0.295 e. The number of carbonyl (C=O) groups excluding carboxylic acids is 1. The highest BCUT2D eigenvalue weighted by Crippen LogP contribution is 2.41. The van der Waals surface area contributed by atoms with E-state index < -0.39 is 0 Å². The predicted molar refractivity (Wildman–Crippen MR) is 71.9 cm³/mol. The third kappa shape index (κ3) is 3.08. The molecule has 0 aromatic rings. The standard InChI is InChI=1S/C16H24O/c1-16(2)11-7-10-14(17)12-15(16)13-8-5-3-4-6-9-13/h8,12H,3-7,9-11H2,1-2H3. The van der Waals surface area contributed by atoms with Gasteiger partial charge in [-0.25, -0.2) is 0 Å². The lowest BCUT2D eigenvalue weighted by Crippen LogP contribution is -2.15. The van der Waals surface area contributed by atoms with Gasteiger partial charge in [0.1, 0.15) is 0 Å². The molecule has 0 aliphatic heterocycles. The maximum Gasteiger partial charge on any atom is 0.155 e. The highest BCUT2D eigenvalue weighted by atomic mass is 16.1. The van der Waals surface area contributed by atoms with Crippen molar-refractivity contribution in [2.24, 2.45) is 5.41 Å². The van der Waals surface area contributed by atoms with Gasteiger partial charge >= 0.3 is 0 Å². The van der Waals surface area contributed by atoms with E-state index in [-0.39, 0.29) is 5.41 Å². The van der Waals surface area contributed by atoms with Crippen LogP contribution in [0.1, 0.15) is 65.2 Å². The Morgan fingerprint density at radius 3 is 2.71 bits per heavy atom. The molecule has 1 heteroatoms. The fourth-order valence-corrected chi connectivity index (χ4v) is 3.05. The molecule has 0 bridgehead atoms. The van der Waals surface area contributed by atoms with Crippen molar-refractivity contribution in [3.05, 3.63) is 23.3 Å². The van der Waals surface area contributed by atoms with Crippen LogP contribution in [-0.2, 0) is 4.79 Å². The van der Waals surface area contributed by atoms with Crippen LogP contribution in [0.5, 0.6) is 0 Å². The Hall–Kier alpha value is -0.850. The third-order valence-electron chi connectivity index (χ3n) is 4.15. The Morgan fingerprint density at radius 2 is 1.88 bits per heavy atom. The van der Waals surface area contributed by atoms with E-state index in [4.69, 9.17) is 0 Å². The summed E-state index contributed by atoms with van der Waals surface area (Å²) in [5.41, 5.74) is 2.98. The first-order valence-electron chi connectivity index (χ1n) is 7.04. The Morgan fingerprint density at radius 1 is 1.06 bits per heavy atom. The summed E-state index contributed by atoms with van der Waals surface area (Å²) >= 11 is 0. The zero-order valence-corrected chi connectivity index (χ0v) is 11.2. The average Bonchev–Trinajstić information content (AvgIpc) is 2.58. The number of allylic oxidation sites excluding steroid dienone is 4. The van der Waals surface area contributed by atoms with E-state index in [1.807, 2.05) is 6.08 Å². The van der Waals surface area contributed by atoms with E-state index in [0.29, 0.717) is 5.78 Å². The van der Waals surface area contributed by atoms with Crippen molar-refractivity contribution < 1.29 is 4.79 Å². The lowest BCUT2D eigenvalue weighted by Gasteiger charge is -2.28. The van der Waals surface area contributed by atoms with Crippen molar-refractivity contribution in [2.45, 2.75) is 65.2 Å². The van der Waals surface area contributed by atoms with Crippen LogP contribution in [0.25, 0.3) is 0 Å². The van der Waals surface area contributed by atoms with Crippen molar-refractivity contribution in [3.8, 4) is 0 Å². The summed E-state index contributed by atoms with van der Waals surface area (Å²) in [4.78, 5) is 11.8. The molecule has 0 atom stereocenters. The summed E-state index contributed by atoms with van der Waals surface area (Å²) in [5, 5.41) is 0. The molecule has 0 aromatic carbocycles. The van der Waals surface area contributed by atoms with E-state index in [9.17, 15) is 4.79 Å². The summed E-state index contributed by atoms with van der Waals surface area (Å²) in [5.74, 6) is 0.329. The SMILES string of the molecule is CC1(C)CCCC(=O)C=C1C1=CCCCCC1. The number of ketones is 1. The number of carbonyl (C=O) groups is 1. The molecule has 2 aliphatic rings. The summed E-state index contributed by atoms with van der Waals surface area (Å²) in [7, 11) is 0. The highest BCUT2D eigenvalue weighted by Gasteiger charge is 2.28. The van der Waals surface area contributed by atoms with Crippen molar-refractivity contribution in [3.63, 3.8) is 0 Å². The smallest absolute Gasteiger partial charge is 0.155 e. The summed E-state index contributed by atoms with van der Waals surface area (Å²) in [6, 6.07) is 0. The first-order valence-corrected chi connectivity index (χ1v) is 7.04. The van der Waals surface area contributed by atoms with Crippen molar-refractivity contribution in [2.75, 3.05) is 0 Å². The van der Waals surface area contributed by atoms with Crippen LogP contribution in [0.2, 0.25) is 0 Å². The number of hydrogen-bond acceptors (Lipinski definition) is 1. The molecule has 0 saturated carbocycles. The Bertz CT molecular complexity index is 358. The zero-order valence-electron chi connectivity index (χ0n) is 11.2. The van der Waals surface area contributed by atoms with Crippen LogP contribution in [0.4, 0.5) is 0 Å². The zero-order chi connectivity index (χ0) is 12.3. The quantitative estimate of drug-likeness (QED) is 0.646. The lowest BCUT2D eigenvalue weighted by molar-refractivity contribution is -0.114. The van der Waals surface area contributed by atoms with Gasteiger partial charge in [-0.2, -0.15) is 0 Å². The van der Waals surface area contributed by atoms with Gasteiger partial charge in [0.15, 0.2) is 5.78 Å². The van der Waals surface area contributed by atoms with Crippen molar-refractivity contribution >= 4 is 5.78 Å². The van der Waals surface area contributed by atoms with Gasteiger partial charge in [0, 0.05) is 6.42 Å². The number of hydrogen-bond donors (Lipinski definition) is 0. The maximum atomic E-state index is 11.8. The number of rotatable bonds is 1. The fraction of sp³-hybridized carbons (Fsp3) is 0.688. The van der Waals surface area contributed by atoms with Crippen LogP contribution >= 0.6 is 0 Å². The van der Waals surface area contributed by atoms with Crippen molar-refractivity contribution in [1.82, 2.24) is 0 Å². The topological polar surface area (TPSA) is 17.1 Å². The van der Waals surface area contributed by atoms with Gasteiger partial charge in [-0.3, -0.25) is 4.79 Å². The molecule has 0 heterocycles. The second-order valence-electron chi connectivity index (χ2n) is 6.09. The molecule has 0 spiro atoms. The van der Waals surface area contributed by atoms with Gasteiger partial charge in [0.25, 0.3) is 0 Å². The molecule has 0 aromatic heterocycles. The first kappa shape index (κ1) is 12.6. The molecule has 0 unspecified atom stereocenters. The Kier molecular flexibility index (Phi) is 3.86. The molecular weight excluding hydrogens is 208 g/mol. The van der Waals surface area contributed by atoms with Gasteiger partial charge in [-0.1, -0.05) is 26.3 Å². The molecular formula is C16H24O. The Balaban J connectivity index is 2.31. The van der Waals surface area contributed by atoms with Crippen molar-refractivity contribution in [1.29, 1.82) is 0 Å². The van der Waals surface area contributed by atoms with Gasteiger partial charge < -0.3 is 0 Å². The van der Waals surface area contributed by atoms with Gasteiger partial charge in [0.05, 0.1) is 0 Å². The van der Waals surface area contributed by atoms with E-state index in [2.05, 4.69) is 19.9 Å². The summed E-state index contributed by atoms with van der Waals surface area (Å²) in [6.45, 7) is 4.59.